The predicted molar refractivity (Wildman–Crippen MR) is 115 cm³/mol. The molecule has 0 saturated carbocycles. The fourth-order valence-corrected chi connectivity index (χ4v) is 4.93. The Kier molecular flexibility index (Phi) is 4.47. The molecule has 0 bridgehead atoms. The normalized spacial score (nSPS) is 18.6. The quantitative estimate of drug-likeness (QED) is 0.531. The second-order valence-corrected chi connectivity index (χ2v) is 8.60. The first-order valence-corrected chi connectivity index (χ1v) is 10.7. The Bertz CT molecular complexity index is 1210. The number of rotatable bonds is 5. The van der Waals surface area contributed by atoms with Crippen molar-refractivity contribution in [3.05, 3.63) is 83.3 Å². The van der Waals surface area contributed by atoms with E-state index in [1.54, 1.807) is 28.6 Å². The maximum absolute atomic E-state index is 13.5. The van der Waals surface area contributed by atoms with E-state index in [9.17, 15) is 9.59 Å². The van der Waals surface area contributed by atoms with Crippen molar-refractivity contribution in [1.82, 2.24) is 14.8 Å². The largest absolute Gasteiger partial charge is 0.467 e. The first-order valence-electron chi connectivity index (χ1n) is 9.79. The highest BCUT2D eigenvalue weighted by atomic mass is 32.1. The summed E-state index contributed by atoms with van der Waals surface area (Å²) in [5.41, 5.74) is 0.565. The molecule has 4 aromatic rings. The van der Waals surface area contributed by atoms with Crippen molar-refractivity contribution in [1.29, 1.82) is 0 Å². The van der Waals surface area contributed by atoms with Gasteiger partial charge in [0, 0.05) is 11.9 Å². The lowest BCUT2D eigenvalue weighted by molar-refractivity contribution is -0.133. The minimum atomic E-state index is -1.05. The third-order valence-electron chi connectivity index (χ3n) is 5.71. The summed E-state index contributed by atoms with van der Waals surface area (Å²) in [6.07, 6.45) is 1.58. The molecule has 0 saturated heterocycles. The Morgan fingerprint density at radius 2 is 2.03 bits per heavy atom. The number of fused-ring (bicyclic) bond motifs is 3. The lowest BCUT2D eigenvalue weighted by Crippen LogP contribution is -2.63. The number of carbonyl (C=O) groups is 2. The Labute approximate surface area is 177 Å². The molecule has 152 valence electrons. The van der Waals surface area contributed by atoms with Crippen molar-refractivity contribution in [3.8, 4) is 0 Å². The molecule has 5 rings (SSSR count). The van der Waals surface area contributed by atoms with Crippen LogP contribution in [0.25, 0.3) is 10.2 Å². The first kappa shape index (κ1) is 18.7. The van der Waals surface area contributed by atoms with Crippen molar-refractivity contribution < 1.29 is 14.0 Å². The number of carbonyl (C=O) groups excluding carboxylic acids is 2. The van der Waals surface area contributed by atoms with Gasteiger partial charge in [0.15, 0.2) is 0 Å². The number of nitrogens with one attached hydrogen (secondary N) is 1. The molecule has 2 amide bonds. The maximum Gasteiger partial charge on any atom is 0.271 e. The van der Waals surface area contributed by atoms with Crippen LogP contribution in [0.5, 0.6) is 0 Å². The van der Waals surface area contributed by atoms with Crippen molar-refractivity contribution >= 4 is 33.4 Å². The molecule has 7 heteroatoms. The highest BCUT2D eigenvalue weighted by Crippen LogP contribution is 2.35. The van der Waals surface area contributed by atoms with Crippen molar-refractivity contribution in [2.45, 2.75) is 32.1 Å². The van der Waals surface area contributed by atoms with Crippen LogP contribution in [0.4, 0.5) is 0 Å². The van der Waals surface area contributed by atoms with Gasteiger partial charge in [-0.25, -0.2) is 0 Å². The molecule has 3 aromatic heterocycles. The van der Waals surface area contributed by atoms with Gasteiger partial charge in [-0.15, -0.1) is 11.3 Å². The van der Waals surface area contributed by atoms with E-state index in [4.69, 9.17) is 4.42 Å². The van der Waals surface area contributed by atoms with Gasteiger partial charge in [0.05, 0.1) is 19.4 Å². The fourth-order valence-electron chi connectivity index (χ4n) is 4.03. The number of benzene rings is 1. The van der Waals surface area contributed by atoms with Gasteiger partial charge in [0.1, 0.15) is 21.8 Å². The van der Waals surface area contributed by atoms with Crippen LogP contribution in [0, 0.1) is 0 Å². The van der Waals surface area contributed by atoms with Crippen LogP contribution < -0.4 is 5.32 Å². The summed E-state index contributed by atoms with van der Waals surface area (Å²) in [7, 11) is 0. The second kappa shape index (κ2) is 7.18. The zero-order chi connectivity index (χ0) is 20.7. The van der Waals surface area contributed by atoms with Crippen LogP contribution in [0.1, 0.15) is 28.7 Å². The van der Waals surface area contributed by atoms with E-state index >= 15 is 0 Å². The summed E-state index contributed by atoms with van der Waals surface area (Å²) in [4.78, 5) is 29.6. The summed E-state index contributed by atoms with van der Waals surface area (Å²) in [5.74, 6) is 0.293. The molecule has 1 N–H and O–H groups in total. The Morgan fingerprint density at radius 1 is 1.20 bits per heavy atom. The average molecular weight is 420 g/mol. The van der Waals surface area contributed by atoms with Gasteiger partial charge < -0.3 is 19.2 Å². The first-order chi connectivity index (χ1) is 14.6. The summed E-state index contributed by atoms with van der Waals surface area (Å²) in [5, 5.41) is 6.06. The molecule has 4 heterocycles. The Balaban J connectivity index is 1.51. The number of amides is 2. The van der Waals surface area contributed by atoms with Crippen LogP contribution in [-0.4, -0.2) is 26.8 Å². The molecule has 6 nitrogen and oxygen atoms in total. The van der Waals surface area contributed by atoms with E-state index in [1.165, 1.54) is 0 Å². The van der Waals surface area contributed by atoms with Crippen LogP contribution in [0.3, 0.4) is 0 Å². The van der Waals surface area contributed by atoms with Gasteiger partial charge >= 0.3 is 0 Å². The zero-order valence-electron chi connectivity index (χ0n) is 16.5. The maximum atomic E-state index is 13.5. The molecular weight excluding hydrogens is 398 g/mol. The summed E-state index contributed by atoms with van der Waals surface area (Å²) >= 11 is 1.58. The minimum absolute atomic E-state index is 0.168. The van der Waals surface area contributed by atoms with Gasteiger partial charge in [-0.1, -0.05) is 30.3 Å². The topological polar surface area (TPSA) is 67.5 Å². The molecule has 0 spiro atoms. The molecule has 1 aliphatic rings. The van der Waals surface area contributed by atoms with Crippen LogP contribution in [0.2, 0.25) is 0 Å². The molecule has 0 unspecified atom stereocenters. The van der Waals surface area contributed by atoms with E-state index in [-0.39, 0.29) is 18.4 Å². The molecule has 1 atom stereocenters. The lowest BCUT2D eigenvalue weighted by Gasteiger charge is -2.43. The summed E-state index contributed by atoms with van der Waals surface area (Å²) in [6, 6.07) is 17.3. The molecule has 30 heavy (non-hydrogen) atoms. The number of thiophene rings is 1. The van der Waals surface area contributed by atoms with Crippen LogP contribution in [0.15, 0.2) is 70.7 Å². The van der Waals surface area contributed by atoms with E-state index < -0.39 is 5.54 Å². The fraction of sp³-hybridized carbons (Fsp3) is 0.217. The summed E-state index contributed by atoms with van der Waals surface area (Å²) < 4.78 is 7.46. The SMILES string of the molecule is C[C@]1(C(=O)NCc2ccccc2)Cn2c(cc3ccsc32)C(=O)N1Cc1ccco1. The monoisotopic (exact) mass is 419 g/mol. The molecule has 0 aliphatic carbocycles. The van der Waals surface area contributed by atoms with Crippen molar-refractivity contribution in [2.75, 3.05) is 0 Å². The second-order valence-electron chi connectivity index (χ2n) is 7.71. The zero-order valence-corrected chi connectivity index (χ0v) is 17.3. The molecule has 1 aliphatic heterocycles. The lowest BCUT2D eigenvalue weighted by atomic mass is 9.94. The van der Waals surface area contributed by atoms with Gasteiger partial charge in [-0.3, -0.25) is 9.59 Å². The van der Waals surface area contributed by atoms with E-state index in [1.807, 2.05) is 65.4 Å². The predicted octanol–water partition coefficient (Wildman–Crippen LogP) is 4.03. The molecule has 0 radical (unpaired) electrons. The van der Waals surface area contributed by atoms with Crippen LogP contribution in [-0.2, 0) is 24.4 Å². The van der Waals surface area contributed by atoms with Gasteiger partial charge in [-0.2, -0.15) is 0 Å². The number of furan rings is 1. The Morgan fingerprint density at radius 3 is 2.80 bits per heavy atom. The number of nitrogens with zero attached hydrogens (tertiary/aromatic N) is 2. The molecule has 1 aromatic carbocycles. The standard InChI is InChI=1S/C23H21N3O3S/c1-23(22(28)24-13-16-6-3-2-4-7-16)15-25-19(12-17-9-11-30-21(17)25)20(27)26(23)14-18-8-5-10-29-18/h2-12H,13-15H2,1H3,(H,24,28)/t23-/m1/s1. The molecular formula is C23H21N3O3S. The van der Waals surface area contributed by atoms with Gasteiger partial charge in [-0.05, 0) is 42.1 Å². The Hall–Kier alpha value is -3.32. The van der Waals surface area contributed by atoms with Gasteiger partial charge in [0.2, 0.25) is 5.91 Å². The number of aromatic nitrogens is 1. The average Bonchev–Trinajstić information content (AvgIpc) is 3.49. The van der Waals surface area contributed by atoms with Crippen LogP contribution >= 0.6 is 11.3 Å². The highest BCUT2D eigenvalue weighted by molar-refractivity contribution is 7.16. The highest BCUT2D eigenvalue weighted by Gasteiger charge is 2.48. The van der Waals surface area contributed by atoms with E-state index in [0.717, 1.165) is 15.8 Å². The minimum Gasteiger partial charge on any atom is -0.467 e. The molecule has 0 fully saturated rings. The summed E-state index contributed by atoms with van der Waals surface area (Å²) in [6.45, 7) is 2.86. The third-order valence-corrected chi connectivity index (χ3v) is 6.66. The number of hydrogen-bond donors (Lipinski definition) is 1. The van der Waals surface area contributed by atoms with Gasteiger partial charge in [0.25, 0.3) is 5.91 Å². The van der Waals surface area contributed by atoms with E-state index in [0.29, 0.717) is 24.5 Å². The number of hydrogen-bond acceptors (Lipinski definition) is 4. The van der Waals surface area contributed by atoms with Crippen molar-refractivity contribution in [2.24, 2.45) is 0 Å². The third kappa shape index (κ3) is 3.02. The van der Waals surface area contributed by atoms with Crippen molar-refractivity contribution in [3.63, 3.8) is 0 Å². The van der Waals surface area contributed by atoms with E-state index in [2.05, 4.69) is 5.32 Å². The smallest absolute Gasteiger partial charge is 0.271 e.